The Bertz CT molecular complexity index is 1300. The molecule has 0 saturated heterocycles. The molecule has 0 rings (SSSR count). The molecule has 0 radical (unpaired) electrons. The van der Waals surface area contributed by atoms with Gasteiger partial charge in [-0.1, -0.05) is 144 Å². The largest absolute Gasteiger partial charge is 0.756 e. The lowest BCUT2D eigenvalue weighted by Crippen LogP contribution is -2.37. The van der Waals surface area contributed by atoms with Gasteiger partial charge >= 0.3 is 5.97 Å². The Balaban J connectivity index is 4.55. The number of carbonyl (C=O) groups excluding carboxylic acids is 1. The molecule has 0 saturated carbocycles. The average molecular weight is 848 g/mol. The fourth-order valence-electron chi connectivity index (χ4n) is 5.31. The van der Waals surface area contributed by atoms with Crippen LogP contribution in [-0.2, 0) is 27.9 Å². The van der Waals surface area contributed by atoms with Gasteiger partial charge in [0.1, 0.15) is 19.8 Å². The predicted octanol–water partition coefficient (Wildman–Crippen LogP) is 10.7. The number of likely N-dealkylation sites (N-methyl/N-ethyl adjacent to an activating group) is 1. The van der Waals surface area contributed by atoms with E-state index in [1.807, 2.05) is 69.8 Å². The monoisotopic (exact) mass is 848 g/mol. The second kappa shape index (κ2) is 39.3. The van der Waals surface area contributed by atoms with E-state index in [9.17, 15) is 24.5 Å². The molecule has 338 valence electrons. The van der Waals surface area contributed by atoms with Crippen LogP contribution in [-0.4, -0.2) is 86.5 Å². The van der Waals surface area contributed by atoms with E-state index >= 15 is 0 Å². The molecule has 10 nitrogen and oxygen atoms in total. The lowest BCUT2D eigenvalue weighted by atomic mass is 10.1. The molecule has 0 aromatic carbocycles. The average Bonchev–Trinajstić information content (AvgIpc) is 3.18. The Morgan fingerprint density at radius 1 is 0.661 bits per heavy atom. The van der Waals surface area contributed by atoms with E-state index in [-0.39, 0.29) is 26.2 Å². The number of phosphoric acid groups is 1. The summed E-state index contributed by atoms with van der Waals surface area (Å²) in [6.07, 6.45) is 47.4. The van der Waals surface area contributed by atoms with Crippen molar-refractivity contribution in [2.45, 2.75) is 154 Å². The van der Waals surface area contributed by atoms with Crippen molar-refractivity contribution in [3.63, 3.8) is 0 Å². The molecule has 0 bridgehead atoms. The van der Waals surface area contributed by atoms with Gasteiger partial charge in [0.2, 0.25) is 0 Å². The summed E-state index contributed by atoms with van der Waals surface area (Å²) in [6, 6.07) is 0. The minimum absolute atomic E-state index is 0.00949. The molecule has 4 atom stereocenters. The number of aliphatic hydroxyl groups is 2. The number of ether oxygens (including phenoxy) is 2. The number of aliphatic hydroxyl groups excluding tert-OH is 2. The van der Waals surface area contributed by atoms with Gasteiger partial charge in [0.05, 0.1) is 46.2 Å². The number of carbonyl (C=O) groups is 1. The molecule has 0 heterocycles. The van der Waals surface area contributed by atoms with E-state index in [2.05, 4.69) is 26.0 Å². The zero-order valence-corrected chi connectivity index (χ0v) is 38.3. The Morgan fingerprint density at radius 2 is 1.20 bits per heavy atom. The number of quaternary nitrogens is 1. The fourth-order valence-corrected chi connectivity index (χ4v) is 6.04. The number of hydrogen-bond donors (Lipinski definition) is 2. The first-order valence-corrected chi connectivity index (χ1v) is 23.7. The molecular formula is C48H82NO9P. The van der Waals surface area contributed by atoms with Crippen molar-refractivity contribution in [2.24, 2.45) is 0 Å². The third kappa shape index (κ3) is 43.1. The summed E-state index contributed by atoms with van der Waals surface area (Å²) in [5.41, 5.74) is 0. The molecule has 2 N–H and O–H groups in total. The van der Waals surface area contributed by atoms with Crippen molar-refractivity contribution >= 4 is 13.8 Å². The van der Waals surface area contributed by atoms with E-state index in [1.54, 1.807) is 30.4 Å². The standard InChI is InChI=1S/C48H82NO9P/c1-6-8-10-11-12-13-14-15-16-17-18-19-20-23-28-34-41-55-47(44-58-59(53,54)57-42-40-49(3,4)5)43-56-48(52)39-33-25-22-21-24-30-36-46(51)38-32-27-26-31-37-45(50)35-29-9-7-2/h9,15-16,22,24-27,29-32,34,37-38,41,45-47,50-51H,6-8,10-14,17-21,23,28,33,35-36,39-40,42-44H2,1-5H3/b16-15-,25-22-,27-26-,29-9-,30-24-,37-31+,38-32+,41-34+/t45-,46+,47-/m1/s1. The van der Waals surface area contributed by atoms with Crippen LogP contribution in [0.15, 0.2) is 97.4 Å². The SMILES string of the molecule is CC/C=C\C[C@@H](O)/C=C/C=C\C=C\[C@@H](O)C/C=C\C/C=C\CCC(=O)OC[C@H](COP(=O)([O-])OCC[N+](C)(C)C)O/C=C/CCCCCC/C=C\CCCCCCCC. The normalized spacial score (nSPS) is 15.7. The van der Waals surface area contributed by atoms with Crippen molar-refractivity contribution in [1.82, 2.24) is 0 Å². The van der Waals surface area contributed by atoms with Crippen LogP contribution in [0, 0.1) is 0 Å². The summed E-state index contributed by atoms with van der Waals surface area (Å²) in [6.45, 7) is 4.27. The van der Waals surface area contributed by atoms with E-state index in [0.717, 1.165) is 32.1 Å². The van der Waals surface area contributed by atoms with Gasteiger partial charge in [0, 0.05) is 6.42 Å². The van der Waals surface area contributed by atoms with Crippen molar-refractivity contribution in [3.05, 3.63) is 97.4 Å². The van der Waals surface area contributed by atoms with Crippen LogP contribution in [0.4, 0.5) is 0 Å². The summed E-state index contributed by atoms with van der Waals surface area (Å²) >= 11 is 0. The van der Waals surface area contributed by atoms with Crippen molar-refractivity contribution in [1.29, 1.82) is 0 Å². The number of nitrogens with zero attached hydrogens (tertiary/aromatic N) is 1. The van der Waals surface area contributed by atoms with E-state index in [1.165, 1.54) is 64.0 Å². The second-order valence-electron chi connectivity index (χ2n) is 15.8. The first kappa shape index (κ1) is 56.2. The minimum Gasteiger partial charge on any atom is -0.756 e. The molecule has 0 spiro atoms. The lowest BCUT2D eigenvalue weighted by molar-refractivity contribution is -0.870. The zero-order valence-electron chi connectivity index (χ0n) is 37.4. The summed E-state index contributed by atoms with van der Waals surface area (Å²) < 4.78 is 34.2. The number of unbranched alkanes of at least 4 members (excludes halogenated alkanes) is 11. The highest BCUT2D eigenvalue weighted by atomic mass is 31.2. The number of phosphoric ester groups is 1. The molecule has 0 aliphatic carbocycles. The van der Waals surface area contributed by atoms with Crippen molar-refractivity contribution in [3.8, 4) is 0 Å². The van der Waals surface area contributed by atoms with E-state index in [0.29, 0.717) is 36.7 Å². The van der Waals surface area contributed by atoms with Gasteiger partial charge in [-0.25, -0.2) is 0 Å². The maximum Gasteiger partial charge on any atom is 0.306 e. The zero-order chi connectivity index (χ0) is 43.7. The molecule has 0 aliphatic heterocycles. The number of esters is 1. The summed E-state index contributed by atoms with van der Waals surface area (Å²) in [5, 5.41) is 20.0. The smallest absolute Gasteiger partial charge is 0.306 e. The van der Waals surface area contributed by atoms with Crippen LogP contribution in [0.25, 0.3) is 0 Å². The first-order chi connectivity index (χ1) is 28.4. The predicted molar refractivity (Wildman–Crippen MR) is 242 cm³/mol. The molecular weight excluding hydrogens is 765 g/mol. The Morgan fingerprint density at radius 3 is 1.80 bits per heavy atom. The van der Waals surface area contributed by atoms with Crippen LogP contribution >= 0.6 is 7.82 Å². The first-order valence-electron chi connectivity index (χ1n) is 22.2. The van der Waals surface area contributed by atoms with Gasteiger partial charge < -0.3 is 38.1 Å². The lowest BCUT2D eigenvalue weighted by Gasteiger charge is -2.28. The molecule has 0 fully saturated rings. The number of allylic oxidation sites excluding steroid dienone is 11. The molecule has 1 unspecified atom stereocenters. The highest BCUT2D eigenvalue weighted by molar-refractivity contribution is 7.45. The quantitative estimate of drug-likeness (QED) is 0.0118. The topological polar surface area (TPSA) is 135 Å². The third-order valence-corrected chi connectivity index (χ3v) is 9.85. The van der Waals surface area contributed by atoms with Crippen LogP contribution in [0.5, 0.6) is 0 Å². The molecule has 0 aliphatic rings. The highest BCUT2D eigenvalue weighted by Gasteiger charge is 2.19. The maximum atomic E-state index is 12.5. The van der Waals surface area contributed by atoms with E-state index in [4.69, 9.17) is 18.5 Å². The summed E-state index contributed by atoms with van der Waals surface area (Å²) in [5.74, 6) is -0.427. The van der Waals surface area contributed by atoms with Crippen molar-refractivity contribution in [2.75, 3.05) is 47.5 Å². The van der Waals surface area contributed by atoms with Crippen LogP contribution < -0.4 is 4.89 Å². The van der Waals surface area contributed by atoms with E-state index < -0.39 is 32.1 Å². The van der Waals surface area contributed by atoms with Gasteiger partial charge in [0.15, 0.2) is 6.10 Å². The molecule has 0 aromatic rings. The summed E-state index contributed by atoms with van der Waals surface area (Å²) in [7, 11) is 1.24. The number of hydrogen-bond acceptors (Lipinski definition) is 9. The fraction of sp³-hybridized carbons (Fsp3) is 0.646. The van der Waals surface area contributed by atoms with Crippen LogP contribution in [0.2, 0.25) is 0 Å². The molecule has 11 heteroatoms. The van der Waals surface area contributed by atoms with Crippen LogP contribution in [0.1, 0.15) is 136 Å². The maximum absolute atomic E-state index is 12.5. The highest BCUT2D eigenvalue weighted by Crippen LogP contribution is 2.38. The molecule has 59 heavy (non-hydrogen) atoms. The Labute approximate surface area is 359 Å². The Kier molecular flexibility index (Phi) is 37.4. The third-order valence-electron chi connectivity index (χ3n) is 8.89. The summed E-state index contributed by atoms with van der Waals surface area (Å²) in [4.78, 5) is 24.8. The molecule has 0 amide bonds. The second-order valence-corrected chi connectivity index (χ2v) is 17.2. The van der Waals surface area contributed by atoms with Gasteiger partial charge in [-0.15, -0.1) is 0 Å². The minimum atomic E-state index is -4.57. The van der Waals surface area contributed by atoms with Gasteiger partial charge in [-0.05, 0) is 76.7 Å². The molecule has 0 aromatic heterocycles. The Hall–Kier alpha value is -2.82. The van der Waals surface area contributed by atoms with Gasteiger partial charge in [-0.3, -0.25) is 9.36 Å². The van der Waals surface area contributed by atoms with Crippen LogP contribution in [0.3, 0.4) is 0 Å². The number of rotatable bonds is 39. The van der Waals surface area contributed by atoms with Crippen molar-refractivity contribution < 1.29 is 47.5 Å². The van der Waals surface area contributed by atoms with Gasteiger partial charge in [-0.2, -0.15) is 0 Å². The van der Waals surface area contributed by atoms with Gasteiger partial charge in [0.25, 0.3) is 7.82 Å².